The van der Waals surface area contributed by atoms with Crippen molar-refractivity contribution in [1.29, 1.82) is 0 Å². The van der Waals surface area contributed by atoms with Gasteiger partial charge in [0.25, 0.3) is 5.91 Å². The summed E-state index contributed by atoms with van der Waals surface area (Å²) in [6.07, 6.45) is 3.06. The van der Waals surface area contributed by atoms with Crippen molar-refractivity contribution in [3.63, 3.8) is 0 Å². The summed E-state index contributed by atoms with van der Waals surface area (Å²) in [5, 5.41) is 6.82. The number of carbonyl (C=O) groups is 1. The van der Waals surface area contributed by atoms with E-state index in [1.807, 2.05) is 24.3 Å². The zero-order chi connectivity index (χ0) is 21.0. The van der Waals surface area contributed by atoms with Crippen molar-refractivity contribution in [1.82, 2.24) is 20.1 Å². The molecule has 2 heterocycles. The predicted molar refractivity (Wildman–Crippen MR) is 109 cm³/mol. The zero-order valence-corrected chi connectivity index (χ0v) is 16.6. The predicted octanol–water partition coefficient (Wildman–Crippen LogP) is 2.76. The summed E-state index contributed by atoms with van der Waals surface area (Å²) in [7, 11) is -3.54. The molecule has 0 bridgehead atoms. The lowest BCUT2D eigenvalue weighted by Crippen LogP contribution is -2.22. The molecule has 0 aliphatic rings. The number of benzene rings is 2. The fourth-order valence-electron chi connectivity index (χ4n) is 2.85. The third kappa shape index (κ3) is 4.47. The second kappa shape index (κ2) is 8.34. The summed E-state index contributed by atoms with van der Waals surface area (Å²) in [5.41, 5.74) is 1.75. The first-order chi connectivity index (χ1) is 14.5. The molecule has 0 saturated heterocycles. The highest BCUT2D eigenvalue weighted by Crippen LogP contribution is 2.18. The first kappa shape index (κ1) is 19.6. The zero-order valence-electron chi connectivity index (χ0n) is 15.8. The minimum Gasteiger partial charge on any atom is -0.455 e. The maximum Gasteiger partial charge on any atom is 0.287 e. The Labute approximate surface area is 173 Å². The van der Waals surface area contributed by atoms with E-state index >= 15 is 0 Å². The molecule has 0 fully saturated rings. The molecule has 0 aliphatic heterocycles. The van der Waals surface area contributed by atoms with Crippen molar-refractivity contribution in [2.75, 3.05) is 0 Å². The minimum absolute atomic E-state index is 0.0625. The lowest BCUT2D eigenvalue weighted by molar-refractivity contribution is 0.0921. The van der Waals surface area contributed by atoms with E-state index in [4.69, 9.17) is 4.42 Å². The molecule has 0 spiro atoms. The lowest BCUT2D eigenvalue weighted by atomic mass is 10.2. The van der Waals surface area contributed by atoms with Crippen LogP contribution in [0.1, 0.15) is 21.9 Å². The molecule has 9 heteroatoms. The SMILES string of the molecule is O=C(NCc1ccc(-n2cncn2)cc1)c1ccc(CS(=O)(=O)c2ccccc2)o1. The fraction of sp³-hybridized carbons (Fsp3) is 0.0952. The van der Waals surface area contributed by atoms with Gasteiger partial charge in [-0.1, -0.05) is 30.3 Å². The number of amides is 1. The van der Waals surface area contributed by atoms with Crippen LogP contribution >= 0.6 is 0 Å². The topological polar surface area (TPSA) is 107 Å². The molecule has 2 aromatic carbocycles. The number of furan rings is 1. The maximum atomic E-state index is 12.4. The normalized spacial score (nSPS) is 11.3. The van der Waals surface area contributed by atoms with Crippen LogP contribution in [0.5, 0.6) is 0 Å². The van der Waals surface area contributed by atoms with Crippen LogP contribution in [0.15, 0.2) is 88.7 Å². The monoisotopic (exact) mass is 422 g/mol. The average molecular weight is 422 g/mol. The van der Waals surface area contributed by atoms with E-state index < -0.39 is 15.7 Å². The molecule has 0 radical (unpaired) electrons. The quantitative estimate of drug-likeness (QED) is 0.491. The summed E-state index contributed by atoms with van der Waals surface area (Å²) in [4.78, 5) is 16.5. The third-order valence-corrected chi connectivity index (χ3v) is 6.05. The van der Waals surface area contributed by atoms with Gasteiger partial charge in [0.15, 0.2) is 15.6 Å². The largest absolute Gasteiger partial charge is 0.455 e. The Hall–Kier alpha value is -3.72. The Morgan fingerprint density at radius 2 is 1.77 bits per heavy atom. The highest BCUT2D eigenvalue weighted by Gasteiger charge is 2.19. The van der Waals surface area contributed by atoms with Gasteiger partial charge in [0, 0.05) is 6.54 Å². The molecule has 2 aromatic heterocycles. The highest BCUT2D eigenvalue weighted by atomic mass is 32.2. The van der Waals surface area contributed by atoms with Crippen LogP contribution in [0.3, 0.4) is 0 Å². The Kier molecular flexibility index (Phi) is 5.44. The summed E-state index contributed by atoms with van der Waals surface area (Å²) in [5.74, 6) is -0.457. The van der Waals surface area contributed by atoms with E-state index in [1.54, 1.807) is 29.2 Å². The average Bonchev–Trinajstić information content (AvgIpc) is 3.45. The van der Waals surface area contributed by atoms with E-state index in [1.165, 1.54) is 30.6 Å². The van der Waals surface area contributed by atoms with Crippen molar-refractivity contribution in [2.45, 2.75) is 17.2 Å². The smallest absolute Gasteiger partial charge is 0.287 e. The molecule has 4 aromatic rings. The summed E-state index contributed by atoms with van der Waals surface area (Å²) >= 11 is 0. The van der Waals surface area contributed by atoms with Gasteiger partial charge in [0.2, 0.25) is 0 Å². The first-order valence-corrected chi connectivity index (χ1v) is 10.8. The summed E-state index contributed by atoms with van der Waals surface area (Å²) in [6, 6.07) is 18.6. The summed E-state index contributed by atoms with van der Waals surface area (Å²) < 4.78 is 32.0. The Balaban J connectivity index is 1.36. The van der Waals surface area contributed by atoms with Crippen LogP contribution in [0.2, 0.25) is 0 Å². The Morgan fingerprint density at radius 1 is 1.00 bits per heavy atom. The van der Waals surface area contributed by atoms with E-state index in [-0.39, 0.29) is 22.2 Å². The van der Waals surface area contributed by atoms with Crippen molar-refractivity contribution in [3.05, 3.63) is 96.5 Å². The van der Waals surface area contributed by atoms with Gasteiger partial charge in [0.1, 0.15) is 24.2 Å². The summed E-state index contributed by atoms with van der Waals surface area (Å²) in [6.45, 7) is 0.300. The van der Waals surface area contributed by atoms with Gasteiger partial charge in [-0.3, -0.25) is 4.79 Å². The fourth-order valence-corrected chi connectivity index (χ4v) is 4.12. The molecule has 0 saturated carbocycles. The second-order valence-electron chi connectivity index (χ2n) is 6.53. The van der Waals surface area contributed by atoms with Crippen molar-refractivity contribution < 1.29 is 17.6 Å². The van der Waals surface area contributed by atoms with E-state index in [0.717, 1.165) is 11.3 Å². The molecule has 152 valence electrons. The number of hydrogen-bond donors (Lipinski definition) is 1. The van der Waals surface area contributed by atoms with E-state index in [2.05, 4.69) is 15.4 Å². The number of hydrogen-bond acceptors (Lipinski definition) is 6. The molecule has 0 unspecified atom stereocenters. The van der Waals surface area contributed by atoms with E-state index in [0.29, 0.717) is 6.54 Å². The van der Waals surface area contributed by atoms with Crippen molar-refractivity contribution in [2.24, 2.45) is 0 Å². The molecule has 1 N–H and O–H groups in total. The molecular weight excluding hydrogens is 404 g/mol. The molecule has 30 heavy (non-hydrogen) atoms. The number of carbonyl (C=O) groups excluding carboxylic acids is 1. The van der Waals surface area contributed by atoms with Crippen molar-refractivity contribution >= 4 is 15.7 Å². The van der Waals surface area contributed by atoms with Crippen LogP contribution in [0.25, 0.3) is 5.69 Å². The van der Waals surface area contributed by atoms with Gasteiger partial charge in [-0.15, -0.1) is 0 Å². The molecular formula is C21H18N4O4S. The second-order valence-corrected chi connectivity index (χ2v) is 8.52. The molecule has 4 rings (SSSR count). The van der Waals surface area contributed by atoms with Gasteiger partial charge in [-0.05, 0) is 42.0 Å². The van der Waals surface area contributed by atoms with E-state index in [9.17, 15) is 13.2 Å². The molecule has 1 amide bonds. The van der Waals surface area contributed by atoms with Gasteiger partial charge in [-0.25, -0.2) is 18.1 Å². The highest BCUT2D eigenvalue weighted by molar-refractivity contribution is 7.90. The third-order valence-electron chi connectivity index (χ3n) is 4.39. The Bertz CT molecular complexity index is 1230. The number of nitrogens with zero attached hydrogens (tertiary/aromatic N) is 3. The van der Waals surface area contributed by atoms with Crippen LogP contribution in [-0.4, -0.2) is 29.1 Å². The number of aromatic nitrogens is 3. The first-order valence-electron chi connectivity index (χ1n) is 9.10. The maximum absolute atomic E-state index is 12.4. The standard InChI is InChI=1S/C21H18N4O4S/c26-21(23-12-16-6-8-17(9-7-16)25-15-22-14-24-25)20-11-10-18(29-20)13-30(27,28)19-4-2-1-3-5-19/h1-11,14-15H,12-13H2,(H,23,26). The van der Waals surface area contributed by atoms with Crippen LogP contribution in [-0.2, 0) is 22.1 Å². The van der Waals surface area contributed by atoms with Gasteiger partial charge in [0.05, 0.1) is 10.6 Å². The number of sulfone groups is 1. The van der Waals surface area contributed by atoms with Gasteiger partial charge in [-0.2, -0.15) is 5.10 Å². The van der Waals surface area contributed by atoms with Crippen LogP contribution in [0.4, 0.5) is 0 Å². The molecule has 8 nitrogen and oxygen atoms in total. The number of nitrogens with one attached hydrogen (secondary N) is 1. The number of rotatable bonds is 7. The molecule has 0 atom stereocenters. The minimum atomic E-state index is -3.54. The van der Waals surface area contributed by atoms with Gasteiger partial charge < -0.3 is 9.73 Å². The van der Waals surface area contributed by atoms with Crippen molar-refractivity contribution in [3.8, 4) is 5.69 Å². The van der Waals surface area contributed by atoms with Gasteiger partial charge >= 0.3 is 0 Å². The Morgan fingerprint density at radius 3 is 2.47 bits per heavy atom. The lowest BCUT2D eigenvalue weighted by Gasteiger charge is -2.05. The molecule has 0 aliphatic carbocycles. The van der Waals surface area contributed by atoms with Crippen LogP contribution in [0, 0.1) is 0 Å². The van der Waals surface area contributed by atoms with Crippen LogP contribution < -0.4 is 5.32 Å².